The summed E-state index contributed by atoms with van der Waals surface area (Å²) in [6.45, 7) is -0.105. The number of alkyl halides is 3. The molecular weight excluding hydrogens is 193 g/mol. The van der Waals surface area contributed by atoms with Crippen LogP contribution in [0.3, 0.4) is 0 Å². The third-order valence-electron chi connectivity index (χ3n) is 1.68. The van der Waals surface area contributed by atoms with Crippen molar-refractivity contribution in [2.24, 2.45) is 0 Å². The van der Waals surface area contributed by atoms with Gasteiger partial charge in [0.1, 0.15) is 0 Å². The van der Waals surface area contributed by atoms with Crippen LogP contribution in [0.2, 0.25) is 0 Å². The maximum atomic E-state index is 12.4. The van der Waals surface area contributed by atoms with Crippen molar-refractivity contribution >= 4 is 0 Å². The van der Waals surface area contributed by atoms with Crippen LogP contribution in [-0.4, -0.2) is 0 Å². The first-order valence-electron chi connectivity index (χ1n) is 3.83. The molecule has 74 valence electrons. The molecule has 0 amide bonds. The van der Waals surface area contributed by atoms with Gasteiger partial charge in [-0.3, -0.25) is 0 Å². The van der Waals surface area contributed by atoms with Crippen molar-refractivity contribution in [2.45, 2.75) is 12.7 Å². The lowest BCUT2D eigenvalue weighted by molar-refractivity contribution is -0.138. The summed E-state index contributed by atoms with van der Waals surface area (Å²) in [5, 5.41) is 10.4. The van der Waals surface area contributed by atoms with E-state index in [1.165, 1.54) is 18.2 Å². The van der Waals surface area contributed by atoms with Crippen molar-refractivity contribution in [1.29, 1.82) is 5.26 Å². The molecule has 0 unspecified atom stereocenters. The van der Waals surface area contributed by atoms with Crippen LogP contribution in [0.15, 0.2) is 24.3 Å². The van der Waals surface area contributed by atoms with Gasteiger partial charge in [0.05, 0.1) is 12.1 Å². The molecule has 0 aliphatic carbocycles. The summed E-state index contributed by atoms with van der Waals surface area (Å²) in [5.41, 5.74) is -0.635. The highest BCUT2D eigenvalue weighted by atomic mass is 19.4. The Kier molecular flexibility index (Phi) is 2.97. The number of hydrogen-bond acceptors (Lipinski definition) is 2. The number of nitrogens with one attached hydrogen (secondary N) is 1. The number of benzene rings is 1. The number of nitriles is 1. The Balaban J connectivity index is 2.99. The van der Waals surface area contributed by atoms with Crippen molar-refractivity contribution < 1.29 is 13.2 Å². The van der Waals surface area contributed by atoms with Gasteiger partial charge in [-0.15, -0.1) is 0 Å². The maximum absolute atomic E-state index is 12.4. The number of halogens is 3. The van der Waals surface area contributed by atoms with E-state index in [9.17, 15) is 13.2 Å². The number of hydrogen-bond donors (Lipinski definition) is 1. The van der Waals surface area contributed by atoms with Crippen molar-refractivity contribution in [2.75, 3.05) is 0 Å². The topological polar surface area (TPSA) is 35.8 Å². The predicted octanol–water partition coefficient (Wildman–Crippen LogP) is 2.28. The van der Waals surface area contributed by atoms with E-state index in [-0.39, 0.29) is 12.1 Å². The van der Waals surface area contributed by atoms with Crippen LogP contribution in [0.4, 0.5) is 13.2 Å². The van der Waals surface area contributed by atoms with Crippen LogP contribution in [0, 0.1) is 11.5 Å². The van der Waals surface area contributed by atoms with Crippen LogP contribution >= 0.6 is 0 Å². The fourth-order valence-electron chi connectivity index (χ4n) is 1.09. The van der Waals surface area contributed by atoms with Gasteiger partial charge in [-0.25, -0.2) is 0 Å². The first-order valence-corrected chi connectivity index (χ1v) is 3.83. The molecule has 1 rings (SSSR count). The molecule has 0 saturated carbocycles. The lowest BCUT2D eigenvalue weighted by Crippen LogP contribution is -2.13. The van der Waals surface area contributed by atoms with Crippen LogP contribution in [0.25, 0.3) is 0 Å². The molecule has 1 aromatic rings. The second-order valence-corrected chi connectivity index (χ2v) is 2.62. The quantitative estimate of drug-likeness (QED) is 0.587. The molecule has 1 aromatic carbocycles. The summed E-state index contributed by atoms with van der Waals surface area (Å²) >= 11 is 0. The van der Waals surface area contributed by atoms with Crippen LogP contribution in [0.5, 0.6) is 0 Å². The Morgan fingerprint density at radius 1 is 1.29 bits per heavy atom. The average molecular weight is 200 g/mol. The van der Waals surface area contributed by atoms with Gasteiger partial charge in [-0.1, -0.05) is 18.2 Å². The first kappa shape index (κ1) is 10.4. The highest BCUT2D eigenvalue weighted by Crippen LogP contribution is 2.31. The highest BCUT2D eigenvalue weighted by molar-refractivity contribution is 5.29. The Hall–Kier alpha value is -1.70. The SMILES string of the molecule is N#CNCc1ccccc1C(F)(F)F. The van der Waals surface area contributed by atoms with Crippen molar-refractivity contribution in [3.63, 3.8) is 0 Å². The van der Waals surface area contributed by atoms with E-state index >= 15 is 0 Å². The molecule has 0 spiro atoms. The van der Waals surface area contributed by atoms with Gasteiger partial charge in [0.15, 0.2) is 6.19 Å². The van der Waals surface area contributed by atoms with Gasteiger partial charge < -0.3 is 5.32 Å². The Bertz CT molecular complexity index is 352. The molecule has 0 fully saturated rings. The van der Waals surface area contributed by atoms with E-state index in [1.54, 1.807) is 6.19 Å². The molecule has 1 N–H and O–H groups in total. The summed E-state index contributed by atoms with van der Waals surface area (Å²) in [7, 11) is 0. The fourth-order valence-corrected chi connectivity index (χ4v) is 1.09. The first-order chi connectivity index (χ1) is 6.55. The highest BCUT2D eigenvalue weighted by Gasteiger charge is 2.32. The second-order valence-electron chi connectivity index (χ2n) is 2.62. The van der Waals surface area contributed by atoms with Crippen LogP contribution in [0.1, 0.15) is 11.1 Å². The molecule has 0 radical (unpaired) electrons. The van der Waals surface area contributed by atoms with Crippen molar-refractivity contribution in [1.82, 2.24) is 5.32 Å². The number of rotatable bonds is 2. The molecule has 0 aliphatic rings. The van der Waals surface area contributed by atoms with Gasteiger partial charge in [0.25, 0.3) is 0 Å². The van der Waals surface area contributed by atoms with E-state index in [1.807, 2.05) is 0 Å². The van der Waals surface area contributed by atoms with Gasteiger partial charge in [0, 0.05) is 0 Å². The standard InChI is InChI=1S/C9H7F3N2/c10-9(11,12)8-4-2-1-3-7(8)5-14-6-13/h1-4,14H,5H2. The Morgan fingerprint density at radius 3 is 2.50 bits per heavy atom. The summed E-state index contributed by atoms with van der Waals surface area (Å²) in [4.78, 5) is 0. The second kappa shape index (κ2) is 4.01. The number of nitrogens with zero attached hydrogens (tertiary/aromatic N) is 1. The van der Waals surface area contributed by atoms with E-state index in [4.69, 9.17) is 5.26 Å². The third kappa shape index (κ3) is 2.39. The summed E-state index contributed by atoms with van der Waals surface area (Å²) in [6, 6.07) is 5.16. The molecule has 0 atom stereocenters. The van der Waals surface area contributed by atoms with Gasteiger partial charge in [-0.2, -0.15) is 18.4 Å². The van der Waals surface area contributed by atoms with E-state index in [2.05, 4.69) is 5.32 Å². The zero-order chi connectivity index (χ0) is 10.6. The van der Waals surface area contributed by atoms with Crippen molar-refractivity contribution in [3.8, 4) is 6.19 Å². The molecular formula is C9H7F3N2. The summed E-state index contributed by atoms with van der Waals surface area (Å²) in [6.07, 6.45) is -2.79. The summed E-state index contributed by atoms with van der Waals surface area (Å²) < 4.78 is 37.1. The predicted molar refractivity (Wildman–Crippen MR) is 43.9 cm³/mol. The largest absolute Gasteiger partial charge is 0.416 e. The van der Waals surface area contributed by atoms with Crippen LogP contribution in [-0.2, 0) is 12.7 Å². The lowest BCUT2D eigenvalue weighted by atomic mass is 10.1. The summed E-state index contributed by atoms with van der Waals surface area (Å²) in [5.74, 6) is 0. The maximum Gasteiger partial charge on any atom is 0.416 e. The minimum absolute atomic E-state index is 0.0709. The fraction of sp³-hybridized carbons (Fsp3) is 0.222. The van der Waals surface area contributed by atoms with E-state index in [0.29, 0.717) is 0 Å². The minimum atomic E-state index is -4.37. The molecule has 0 aromatic heterocycles. The molecule has 0 saturated heterocycles. The average Bonchev–Trinajstić information content (AvgIpc) is 2.14. The third-order valence-corrected chi connectivity index (χ3v) is 1.68. The Morgan fingerprint density at radius 2 is 1.93 bits per heavy atom. The normalized spacial score (nSPS) is 10.7. The lowest BCUT2D eigenvalue weighted by Gasteiger charge is -2.11. The molecule has 0 bridgehead atoms. The molecule has 2 nitrogen and oxygen atoms in total. The van der Waals surface area contributed by atoms with Crippen LogP contribution < -0.4 is 5.32 Å². The molecule has 5 heteroatoms. The van der Waals surface area contributed by atoms with Gasteiger partial charge >= 0.3 is 6.18 Å². The molecule has 0 heterocycles. The Labute approximate surface area is 79.0 Å². The van der Waals surface area contributed by atoms with Crippen molar-refractivity contribution in [3.05, 3.63) is 35.4 Å². The van der Waals surface area contributed by atoms with Gasteiger partial charge in [0.2, 0.25) is 0 Å². The zero-order valence-electron chi connectivity index (χ0n) is 7.10. The monoisotopic (exact) mass is 200 g/mol. The smallest absolute Gasteiger partial charge is 0.319 e. The zero-order valence-corrected chi connectivity index (χ0v) is 7.10. The molecule has 14 heavy (non-hydrogen) atoms. The molecule has 0 aliphatic heterocycles. The van der Waals surface area contributed by atoms with E-state index < -0.39 is 11.7 Å². The minimum Gasteiger partial charge on any atom is -0.319 e. The van der Waals surface area contributed by atoms with Gasteiger partial charge in [-0.05, 0) is 11.6 Å². The van der Waals surface area contributed by atoms with E-state index in [0.717, 1.165) is 6.07 Å².